The molecule has 0 bridgehead atoms. The van der Waals surface area contributed by atoms with Gasteiger partial charge in [-0.3, -0.25) is 9.78 Å². The minimum absolute atomic E-state index is 0.254. The predicted octanol–water partition coefficient (Wildman–Crippen LogP) is 2.79. The van der Waals surface area contributed by atoms with E-state index in [0.717, 1.165) is 11.4 Å². The van der Waals surface area contributed by atoms with Crippen LogP contribution in [0.2, 0.25) is 0 Å². The molecule has 1 aliphatic rings. The summed E-state index contributed by atoms with van der Waals surface area (Å²) >= 11 is 0. The van der Waals surface area contributed by atoms with Crippen LogP contribution < -0.4 is 5.32 Å². The second-order valence-electron chi connectivity index (χ2n) is 5.14. The first kappa shape index (κ1) is 13.3. The fraction of sp³-hybridized carbons (Fsp3) is 0.250. The van der Waals surface area contributed by atoms with E-state index in [2.05, 4.69) is 15.3 Å². The Balaban J connectivity index is 1.76. The van der Waals surface area contributed by atoms with E-state index in [9.17, 15) is 4.79 Å². The fourth-order valence-corrected chi connectivity index (χ4v) is 2.11. The highest BCUT2D eigenvalue weighted by Gasteiger charge is 2.25. The molecule has 2 heterocycles. The summed E-state index contributed by atoms with van der Waals surface area (Å²) in [6, 6.07) is 8.89. The highest BCUT2D eigenvalue weighted by molar-refractivity contribution is 6.04. The molecule has 3 rings (SSSR count). The third-order valence-electron chi connectivity index (χ3n) is 3.49. The molecule has 1 saturated carbocycles. The van der Waals surface area contributed by atoms with Gasteiger partial charge in [0.2, 0.25) is 0 Å². The Hall–Kier alpha value is -2.74. The topological polar surface area (TPSA) is 78.7 Å². The zero-order valence-corrected chi connectivity index (χ0v) is 11.6. The Labute approximate surface area is 122 Å². The van der Waals surface area contributed by atoms with Crippen LogP contribution in [0.4, 0.5) is 5.69 Å². The monoisotopic (exact) mass is 278 g/mol. The van der Waals surface area contributed by atoms with Crippen LogP contribution in [0.1, 0.15) is 46.2 Å². The van der Waals surface area contributed by atoms with Crippen molar-refractivity contribution in [1.82, 2.24) is 9.97 Å². The van der Waals surface area contributed by atoms with Crippen LogP contribution >= 0.6 is 0 Å². The van der Waals surface area contributed by atoms with E-state index in [1.54, 1.807) is 6.07 Å². The second-order valence-corrected chi connectivity index (χ2v) is 5.14. The molecule has 0 aliphatic heterocycles. The number of hydrogen-bond acceptors (Lipinski definition) is 4. The van der Waals surface area contributed by atoms with Crippen molar-refractivity contribution in [3.8, 4) is 6.07 Å². The molecular weight excluding hydrogens is 264 g/mol. The molecule has 1 aliphatic carbocycles. The molecule has 0 saturated heterocycles. The molecule has 0 aromatic carbocycles. The van der Waals surface area contributed by atoms with Crippen LogP contribution in [0, 0.1) is 18.3 Å². The molecule has 0 atom stereocenters. The van der Waals surface area contributed by atoms with Gasteiger partial charge in [-0.2, -0.15) is 5.26 Å². The van der Waals surface area contributed by atoms with Crippen molar-refractivity contribution < 1.29 is 4.79 Å². The summed E-state index contributed by atoms with van der Waals surface area (Å²) in [6.07, 6.45) is 3.80. The van der Waals surface area contributed by atoms with Crippen molar-refractivity contribution in [3.05, 3.63) is 53.1 Å². The van der Waals surface area contributed by atoms with Gasteiger partial charge in [0.1, 0.15) is 11.8 Å². The van der Waals surface area contributed by atoms with E-state index in [-0.39, 0.29) is 11.6 Å². The van der Waals surface area contributed by atoms with Gasteiger partial charge in [-0.1, -0.05) is 0 Å². The van der Waals surface area contributed by atoms with Gasteiger partial charge in [-0.15, -0.1) is 0 Å². The van der Waals surface area contributed by atoms with E-state index in [1.165, 1.54) is 25.1 Å². The number of aryl methyl sites for hydroxylation is 1. The molecule has 1 N–H and O–H groups in total. The molecule has 5 heteroatoms. The van der Waals surface area contributed by atoms with Gasteiger partial charge in [0.15, 0.2) is 0 Å². The minimum atomic E-state index is -0.254. The summed E-state index contributed by atoms with van der Waals surface area (Å²) in [7, 11) is 0. The predicted molar refractivity (Wildman–Crippen MR) is 77.9 cm³/mol. The molecule has 2 aromatic rings. The molecule has 2 aromatic heterocycles. The Kier molecular flexibility index (Phi) is 3.36. The number of carbonyl (C=O) groups excluding carboxylic acids is 1. The zero-order valence-electron chi connectivity index (χ0n) is 11.6. The van der Waals surface area contributed by atoms with Gasteiger partial charge in [0.25, 0.3) is 5.91 Å². The number of hydrogen-bond donors (Lipinski definition) is 1. The number of aromatic nitrogens is 2. The van der Waals surface area contributed by atoms with Crippen molar-refractivity contribution in [2.75, 3.05) is 5.32 Å². The average molecular weight is 278 g/mol. The third-order valence-corrected chi connectivity index (χ3v) is 3.49. The fourth-order valence-electron chi connectivity index (χ4n) is 2.11. The summed E-state index contributed by atoms with van der Waals surface area (Å²) < 4.78 is 0. The highest BCUT2D eigenvalue weighted by Crippen LogP contribution is 2.39. The smallest absolute Gasteiger partial charge is 0.257 e. The number of nitrogens with one attached hydrogen (secondary N) is 1. The van der Waals surface area contributed by atoms with Gasteiger partial charge in [-0.25, -0.2) is 4.98 Å². The SMILES string of the molecule is Cc1nc(C2CC2)ccc1NC(=O)c1ccc(C#N)nc1. The molecule has 1 fully saturated rings. The largest absolute Gasteiger partial charge is 0.320 e. The van der Waals surface area contributed by atoms with E-state index in [1.807, 2.05) is 25.1 Å². The van der Waals surface area contributed by atoms with Crippen molar-refractivity contribution in [1.29, 1.82) is 5.26 Å². The van der Waals surface area contributed by atoms with Crippen molar-refractivity contribution in [2.24, 2.45) is 0 Å². The van der Waals surface area contributed by atoms with Gasteiger partial charge in [-0.05, 0) is 44.0 Å². The van der Waals surface area contributed by atoms with Gasteiger partial charge >= 0.3 is 0 Å². The summed E-state index contributed by atoms with van der Waals surface area (Å²) in [4.78, 5) is 20.6. The maximum Gasteiger partial charge on any atom is 0.257 e. The van der Waals surface area contributed by atoms with E-state index >= 15 is 0 Å². The number of amides is 1. The molecule has 1 amide bonds. The summed E-state index contributed by atoms with van der Waals surface area (Å²) in [5.41, 5.74) is 3.33. The van der Waals surface area contributed by atoms with Gasteiger partial charge < -0.3 is 5.32 Å². The first-order chi connectivity index (χ1) is 10.2. The lowest BCUT2D eigenvalue weighted by molar-refractivity contribution is 0.102. The van der Waals surface area contributed by atoms with Crippen molar-refractivity contribution in [3.63, 3.8) is 0 Å². The van der Waals surface area contributed by atoms with Crippen LogP contribution in [0.25, 0.3) is 0 Å². The lowest BCUT2D eigenvalue weighted by Gasteiger charge is -2.09. The number of pyridine rings is 2. The Bertz CT molecular complexity index is 727. The minimum Gasteiger partial charge on any atom is -0.320 e. The summed E-state index contributed by atoms with van der Waals surface area (Å²) in [6.45, 7) is 1.89. The standard InChI is InChI=1S/C16H14N4O/c1-10-14(6-7-15(19-10)11-2-3-11)20-16(21)12-4-5-13(8-17)18-9-12/h4-7,9,11H,2-3H2,1H3,(H,20,21). The molecule has 104 valence electrons. The molecule has 0 unspecified atom stereocenters. The van der Waals surface area contributed by atoms with E-state index in [0.29, 0.717) is 17.2 Å². The second kappa shape index (κ2) is 5.33. The molecule has 0 spiro atoms. The average Bonchev–Trinajstić information content (AvgIpc) is 3.34. The first-order valence-electron chi connectivity index (χ1n) is 6.82. The third kappa shape index (κ3) is 2.90. The lowest BCUT2D eigenvalue weighted by atomic mass is 10.2. The zero-order chi connectivity index (χ0) is 14.8. The number of anilines is 1. The van der Waals surface area contributed by atoms with Crippen molar-refractivity contribution >= 4 is 11.6 Å². The van der Waals surface area contributed by atoms with Gasteiger partial charge in [0.05, 0.1) is 16.9 Å². The lowest BCUT2D eigenvalue weighted by Crippen LogP contribution is -2.13. The number of rotatable bonds is 3. The highest BCUT2D eigenvalue weighted by atomic mass is 16.1. The summed E-state index contributed by atoms with van der Waals surface area (Å²) in [5, 5.41) is 11.5. The van der Waals surface area contributed by atoms with E-state index < -0.39 is 0 Å². The number of carbonyl (C=O) groups is 1. The number of nitriles is 1. The van der Waals surface area contributed by atoms with Crippen LogP contribution in [0.15, 0.2) is 30.5 Å². The molecule has 0 radical (unpaired) electrons. The van der Waals surface area contributed by atoms with Crippen LogP contribution in [-0.2, 0) is 0 Å². The van der Waals surface area contributed by atoms with Gasteiger partial charge in [0, 0.05) is 17.8 Å². The quantitative estimate of drug-likeness (QED) is 0.936. The van der Waals surface area contributed by atoms with Crippen molar-refractivity contribution in [2.45, 2.75) is 25.7 Å². The van der Waals surface area contributed by atoms with Crippen LogP contribution in [0.5, 0.6) is 0 Å². The Morgan fingerprint density at radius 2 is 2.14 bits per heavy atom. The first-order valence-corrected chi connectivity index (χ1v) is 6.82. The maximum absolute atomic E-state index is 12.1. The number of nitrogens with zero attached hydrogens (tertiary/aromatic N) is 3. The Morgan fingerprint density at radius 1 is 1.33 bits per heavy atom. The molecule has 5 nitrogen and oxygen atoms in total. The normalized spacial score (nSPS) is 13.5. The Morgan fingerprint density at radius 3 is 2.71 bits per heavy atom. The molecular formula is C16H14N4O. The maximum atomic E-state index is 12.1. The van der Waals surface area contributed by atoms with Crippen LogP contribution in [-0.4, -0.2) is 15.9 Å². The van der Waals surface area contributed by atoms with E-state index in [4.69, 9.17) is 5.26 Å². The summed E-state index contributed by atoms with van der Waals surface area (Å²) in [5.74, 6) is 0.340. The molecule has 21 heavy (non-hydrogen) atoms. The van der Waals surface area contributed by atoms with Crippen LogP contribution in [0.3, 0.4) is 0 Å².